The predicted molar refractivity (Wildman–Crippen MR) is 63.3 cm³/mol. The zero-order valence-electron chi connectivity index (χ0n) is 10.1. The number of hydrogen-bond acceptors (Lipinski definition) is 3. The molecule has 5 heteroatoms. The summed E-state index contributed by atoms with van der Waals surface area (Å²) < 4.78 is 5.20. The van der Waals surface area contributed by atoms with Gasteiger partial charge in [-0.2, -0.15) is 0 Å². The molecule has 0 unspecified atom stereocenters. The highest BCUT2D eigenvalue weighted by molar-refractivity contribution is 6.37. The Morgan fingerprint density at radius 3 is 2.50 bits per heavy atom. The summed E-state index contributed by atoms with van der Waals surface area (Å²) in [6.07, 6.45) is 1.68. The first-order valence-corrected chi connectivity index (χ1v) is 5.41. The molecule has 1 aliphatic heterocycles. The minimum atomic E-state index is -0.0664. The molecule has 1 rings (SSSR count). The number of likely N-dealkylation sites (N-methyl/N-ethyl adjacent to an activating group) is 1. The van der Waals surface area contributed by atoms with Gasteiger partial charge in [-0.05, 0) is 13.8 Å². The zero-order chi connectivity index (χ0) is 12.0. The van der Waals surface area contributed by atoms with E-state index in [1.54, 1.807) is 18.1 Å². The van der Waals surface area contributed by atoms with Crippen LogP contribution in [0.5, 0.6) is 0 Å². The van der Waals surface area contributed by atoms with Crippen molar-refractivity contribution in [2.75, 3.05) is 33.4 Å². The summed E-state index contributed by atoms with van der Waals surface area (Å²) in [5.74, 6) is 0.311. The molecule has 0 aliphatic carbocycles. The number of carbonyl (C=O) groups excluding carboxylic acids is 1. The summed E-state index contributed by atoms with van der Waals surface area (Å²) in [6, 6.07) is 0. The van der Waals surface area contributed by atoms with E-state index in [-0.39, 0.29) is 5.91 Å². The maximum Gasteiger partial charge on any atom is 0.289 e. The van der Waals surface area contributed by atoms with Gasteiger partial charge in [-0.25, -0.2) is 4.99 Å². The van der Waals surface area contributed by atoms with Gasteiger partial charge < -0.3 is 15.0 Å². The number of nitrogens with zero attached hydrogens (tertiary/aromatic N) is 2. The van der Waals surface area contributed by atoms with Gasteiger partial charge in [0.15, 0.2) is 5.84 Å². The maximum absolute atomic E-state index is 12.0. The molecular weight excluding hydrogens is 206 g/mol. The number of rotatable bonds is 1. The second-order valence-electron chi connectivity index (χ2n) is 3.84. The number of nitrogens with one attached hydrogen (secondary N) is 1. The highest BCUT2D eigenvalue weighted by Crippen LogP contribution is 1.99. The molecule has 1 amide bonds. The van der Waals surface area contributed by atoms with Crippen molar-refractivity contribution < 1.29 is 9.53 Å². The predicted octanol–water partition coefficient (Wildman–Crippen LogP) is 0.387. The summed E-state index contributed by atoms with van der Waals surface area (Å²) in [4.78, 5) is 17.9. The van der Waals surface area contributed by atoms with E-state index < -0.39 is 0 Å². The van der Waals surface area contributed by atoms with Crippen LogP contribution >= 0.6 is 0 Å². The number of hydrogen-bond donors (Lipinski definition) is 1. The molecule has 0 atom stereocenters. The van der Waals surface area contributed by atoms with Gasteiger partial charge in [0, 0.05) is 26.3 Å². The molecule has 0 spiro atoms. The van der Waals surface area contributed by atoms with Gasteiger partial charge in [0.05, 0.1) is 13.2 Å². The summed E-state index contributed by atoms with van der Waals surface area (Å²) >= 11 is 0. The lowest BCUT2D eigenvalue weighted by Gasteiger charge is -2.26. The smallest absolute Gasteiger partial charge is 0.289 e. The number of ether oxygens (including phenoxy) is 1. The first-order valence-electron chi connectivity index (χ1n) is 5.41. The van der Waals surface area contributed by atoms with E-state index in [0.717, 1.165) is 5.57 Å². The molecule has 0 bridgehead atoms. The fourth-order valence-corrected chi connectivity index (χ4v) is 1.34. The van der Waals surface area contributed by atoms with Gasteiger partial charge >= 0.3 is 0 Å². The number of amides is 1. The van der Waals surface area contributed by atoms with Crippen LogP contribution in [0.1, 0.15) is 13.8 Å². The molecule has 0 aromatic carbocycles. The van der Waals surface area contributed by atoms with Crippen molar-refractivity contribution in [1.82, 2.24) is 10.2 Å². The highest BCUT2D eigenvalue weighted by Gasteiger charge is 2.20. The minimum absolute atomic E-state index is 0.0664. The molecule has 1 heterocycles. The number of amidine groups is 1. The van der Waals surface area contributed by atoms with Crippen LogP contribution in [0.2, 0.25) is 0 Å². The SMILES string of the molecule is CN/C(=N\C=C(C)C)C(=O)N1CCOCC1. The Kier molecular flexibility index (Phi) is 4.98. The van der Waals surface area contributed by atoms with Crippen LogP contribution < -0.4 is 5.32 Å². The maximum atomic E-state index is 12.0. The standard InChI is InChI=1S/C11H19N3O2/c1-9(2)8-13-10(12-3)11(15)14-4-6-16-7-5-14/h8H,4-7H2,1-3H3,(H,12,13). The monoisotopic (exact) mass is 225 g/mol. The third kappa shape index (κ3) is 3.66. The summed E-state index contributed by atoms with van der Waals surface area (Å²) in [7, 11) is 1.70. The largest absolute Gasteiger partial charge is 0.378 e. The van der Waals surface area contributed by atoms with Gasteiger partial charge in [0.1, 0.15) is 0 Å². The first-order chi connectivity index (χ1) is 7.65. The molecular formula is C11H19N3O2. The Hall–Kier alpha value is -1.36. The summed E-state index contributed by atoms with van der Waals surface area (Å²) in [5.41, 5.74) is 1.06. The second-order valence-corrected chi connectivity index (χ2v) is 3.84. The fourth-order valence-electron chi connectivity index (χ4n) is 1.34. The molecule has 16 heavy (non-hydrogen) atoms. The Morgan fingerprint density at radius 2 is 2.00 bits per heavy atom. The zero-order valence-corrected chi connectivity index (χ0v) is 10.1. The Labute approximate surface area is 96.2 Å². The highest BCUT2D eigenvalue weighted by atomic mass is 16.5. The van der Waals surface area contributed by atoms with Crippen molar-refractivity contribution in [2.45, 2.75) is 13.8 Å². The Morgan fingerprint density at radius 1 is 1.38 bits per heavy atom. The third-order valence-electron chi connectivity index (χ3n) is 2.19. The van der Waals surface area contributed by atoms with Crippen LogP contribution in [0, 0.1) is 0 Å². The molecule has 90 valence electrons. The molecule has 1 fully saturated rings. The quantitative estimate of drug-likeness (QED) is 0.519. The average molecular weight is 225 g/mol. The van der Waals surface area contributed by atoms with Crippen molar-refractivity contribution in [2.24, 2.45) is 4.99 Å². The number of allylic oxidation sites excluding steroid dienone is 1. The third-order valence-corrected chi connectivity index (χ3v) is 2.19. The molecule has 1 aliphatic rings. The second kappa shape index (κ2) is 6.27. The van der Waals surface area contributed by atoms with Crippen LogP contribution in [0.4, 0.5) is 0 Å². The van der Waals surface area contributed by atoms with E-state index in [2.05, 4.69) is 10.3 Å². The van der Waals surface area contributed by atoms with Crippen LogP contribution in [0.15, 0.2) is 16.8 Å². The van der Waals surface area contributed by atoms with E-state index in [1.807, 2.05) is 13.8 Å². The fraction of sp³-hybridized carbons (Fsp3) is 0.636. The van der Waals surface area contributed by atoms with Gasteiger partial charge in [-0.3, -0.25) is 4.79 Å². The Balaban J connectivity index is 2.68. The minimum Gasteiger partial charge on any atom is -0.378 e. The van der Waals surface area contributed by atoms with Crippen LogP contribution in [0.25, 0.3) is 0 Å². The van der Waals surface area contributed by atoms with Gasteiger partial charge in [-0.15, -0.1) is 0 Å². The molecule has 0 radical (unpaired) electrons. The normalized spacial score (nSPS) is 16.9. The molecule has 1 N–H and O–H groups in total. The summed E-state index contributed by atoms with van der Waals surface area (Å²) in [6.45, 7) is 6.35. The van der Waals surface area contributed by atoms with Crippen molar-refractivity contribution >= 4 is 11.7 Å². The van der Waals surface area contributed by atoms with Gasteiger partial charge in [-0.1, -0.05) is 5.57 Å². The van der Waals surface area contributed by atoms with E-state index in [9.17, 15) is 4.79 Å². The molecule has 0 aromatic heterocycles. The molecule has 5 nitrogen and oxygen atoms in total. The van der Waals surface area contributed by atoms with E-state index in [1.165, 1.54) is 0 Å². The lowest BCUT2D eigenvalue weighted by molar-refractivity contribution is -0.128. The van der Waals surface area contributed by atoms with E-state index >= 15 is 0 Å². The topological polar surface area (TPSA) is 53.9 Å². The van der Waals surface area contributed by atoms with Crippen molar-refractivity contribution in [1.29, 1.82) is 0 Å². The molecule has 0 saturated carbocycles. The van der Waals surface area contributed by atoms with Crippen LogP contribution in [-0.4, -0.2) is 50.0 Å². The van der Waals surface area contributed by atoms with Crippen LogP contribution in [-0.2, 0) is 9.53 Å². The average Bonchev–Trinajstić information content (AvgIpc) is 2.30. The van der Waals surface area contributed by atoms with E-state index in [0.29, 0.717) is 32.1 Å². The van der Waals surface area contributed by atoms with Crippen molar-refractivity contribution in [3.05, 3.63) is 11.8 Å². The lowest BCUT2D eigenvalue weighted by atomic mass is 10.3. The Bertz CT molecular complexity index is 300. The number of aliphatic imine (C=N–C) groups is 1. The van der Waals surface area contributed by atoms with Crippen molar-refractivity contribution in [3.63, 3.8) is 0 Å². The lowest BCUT2D eigenvalue weighted by Crippen LogP contribution is -2.47. The number of morpholine rings is 1. The van der Waals surface area contributed by atoms with Crippen molar-refractivity contribution in [3.8, 4) is 0 Å². The molecule has 0 aromatic rings. The summed E-state index contributed by atoms with van der Waals surface area (Å²) in [5, 5.41) is 2.83. The molecule has 1 saturated heterocycles. The van der Waals surface area contributed by atoms with E-state index in [4.69, 9.17) is 4.74 Å². The van der Waals surface area contributed by atoms with Gasteiger partial charge in [0.2, 0.25) is 0 Å². The van der Waals surface area contributed by atoms with Gasteiger partial charge in [0.25, 0.3) is 5.91 Å². The van der Waals surface area contributed by atoms with Crippen LogP contribution in [0.3, 0.4) is 0 Å². The first kappa shape index (κ1) is 12.7. The number of carbonyl (C=O) groups is 1.